The summed E-state index contributed by atoms with van der Waals surface area (Å²) in [6, 6.07) is 0. The maximum atomic E-state index is 6.25. The summed E-state index contributed by atoms with van der Waals surface area (Å²) in [7, 11) is 0. The quantitative estimate of drug-likeness (QED) is 0.818. The zero-order valence-electron chi connectivity index (χ0n) is 14.6. The first-order chi connectivity index (χ1) is 10.1. The van der Waals surface area contributed by atoms with Crippen LogP contribution in [-0.4, -0.2) is 54.6 Å². The predicted octanol–water partition coefficient (Wildman–Crippen LogP) is 2.95. The Morgan fingerprint density at radius 3 is 2.19 bits per heavy atom. The monoisotopic (exact) mass is 295 g/mol. The van der Waals surface area contributed by atoms with E-state index in [1.807, 2.05) is 0 Å². The van der Waals surface area contributed by atoms with E-state index in [-0.39, 0.29) is 0 Å². The maximum absolute atomic E-state index is 6.25. The molecule has 0 spiro atoms. The number of hydrogen-bond acceptors (Lipinski definition) is 3. The molecule has 2 aliphatic heterocycles. The number of piperidine rings is 2. The van der Waals surface area contributed by atoms with Crippen LogP contribution in [0.3, 0.4) is 0 Å². The van der Waals surface area contributed by atoms with Gasteiger partial charge in [-0.05, 0) is 63.7 Å². The molecule has 0 aromatic heterocycles. The first-order valence-electron chi connectivity index (χ1n) is 9.27. The lowest BCUT2D eigenvalue weighted by atomic mass is 9.82. The third-order valence-electron chi connectivity index (χ3n) is 5.77. The molecule has 21 heavy (non-hydrogen) atoms. The first-order valence-corrected chi connectivity index (χ1v) is 9.27. The van der Waals surface area contributed by atoms with Gasteiger partial charge in [-0.3, -0.25) is 4.90 Å². The van der Waals surface area contributed by atoms with Gasteiger partial charge in [-0.25, -0.2) is 0 Å². The van der Waals surface area contributed by atoms with Crippen molar-refractivity contribution in [3.63, 3.8) is 0 Å². The van der Waals surface area contributed by atoms with Gasteiger partial charge in [0.05, 0.1) is 0 Å². The van der Waals surface area contributed by atoms with Crippen molar-refractivity contribution in [1.82, 2.24) is 9.80 Å². The van der Waals surface area contributed by atoms with Crippen molar-refractivity contribution in [2.45, 2.75) is 64.8 Å². The summed E-state index contributed by atoms with van der Waals surface area (Å²) in [6.45, 7) is 14.1. The van der Waals surface area contributed by atoms with E-state index < -0.39 is 0 Å². The molecule has 0 aromatic carbocycles. The zero-order valence-corrected chi connectivity index (χ0v) is 14.6. The summed E-state index contributed by atoms with van der Waals surface area (Å²) < 4.78 is 0. The number of likely N-dealkylation sites (tertiary alicyclic amines) is 2. The van der Waals surface area contributed by atoms with Gasteiger partial charge < -0.3 is 10.6 Å². The molecule has 3 nitrogen and oxygen atoms in total. The summed E-state index contributed by atoms with van der Waals surface area (Å²) in [6.07, 6.45) is 8.10. The summed E-state index contributed by atoms with van der Waals surface area (Å²) in [5.41, 5.74) is 6.56. The molecule has 124 valence electrons. The van der Waals surface area contributed by atoms with Crippen LogP contribution < -0.4 is 5.73 Å². The Labute approximate surface area is 132 Å². The molecule has 0 amide bonds. The van der Waals surface area contributed by atoms with Crippen LogP contribution >= 0.6 is 0 Å². The van der Waals surface area contributed by atoms with Crippen molar-refractivity contribution in [3.8, 4) is 0 Å². The van der Waals surface area contributed by atoms with Crippen LogP contribution in [0.1, 0.15) is 59.3 Å². The lowest BCUT2D eigenvalue weighted by molar-refractivity contribution is 0.00129. The molecule has 2 N–H and O–H groups in total. The minimum absolute atomic E-state index is 0.310. The second-order valence-corrected chi connectivity index (χ2v) is 7.84. The Morgan fingerprint density at radius 2 is 1.71 bits per heavy atom. The highest BCUT2D eigenvalue weighted by atomic mass is 15.2. The molecule has 0 bridgehead atoms. The van der Waals surface area contributed by atoms with Gasteiger partial charge in [0.15, 0.2) is 0 Å². The van der Waals surface area contributed by atoms with Crippen molar-refractivity contribution >= 4 is 0 Å². The van der Waals surface area contributed by atoms with Crippen LogP contribution in [0.2, 0.25) is 0 Å². The van der Waals surface area contributed by atoms with Crippen LogP contribution in [0.4, 0.5) is 0 Å². The number of hydrogen-bond donors (Lipinski definition) is 1. The third-order valence-corrected chi connectivity index (χ3v) is 5.77. The van der Waals surface area contributed by atoms with E-state index in [2.05, 4.69) is 30.6 Å². The summed E-state index contributed by atoms with van der Waals surface area (Å²) >= 11 is 0. The van der Waals surface area contributed by atoms with E-state index in [1.165, 1.54) is 71.2 Å². The number of rotatable bonds is 6. The predicted molar refractivity (Wildman–Crippen MR) is 91.5 cm³/mol. The number of nitrogens with zero attached hydrogens (tertiary/aromatic N) is 2. The molecule has 2 aliphatic rings. The van der Waals surface area contributed by atoms with Crippen molar-refractivity contribution in [3.05, 3.63) is 0 Å². The van der Waals surface area contributed by atoms with Crippen LogP contribution in [0.15, 0.2) is 0 Å². The zero-order chi connectivity index (χ0) is 15.3. The van der Waals surface area contributed by atoms with E-state index >= 15 is 0 Å². The fourth-order valence-corrected chi connectivity index (χ4v) is 4.42. The molecule has 0 aliphatic carbocycles. The average Bonchev–Trinajstić information content (AvgIpc) is 2.49. The average molecular weight is 296 g/mol. The molecule has 2 fully saturated rings. The van der Waals surface area contributed by atoms with Crippen LogP contribution in [-0.2, 0) is 0 Å². The van der Waals surface area contributed by atoms with Gasteiger partial charge in [-0.2, -0.15) is 0 Å². The lowest BCUT2D eigenvalue weighted by Gasteiger charge is -2.51. The Kier molecular flexibility index (Phi) is 6.51. The maximum Gasteiger partial charge on any atom is 0.0356 e. The Bertz CT molecular complexity index is 287. The van der Waals surface area contributed by atoms with Crippen molar-refractivity contribution < 1.29 is 0 Å². The molecule has 2 rings (SSSR count). The van der Waals surface area contributed by atoms with Gasteiger partial charge in [0.1, 0.15) is 0 Å². The highest BCUT2D eigenvalue weighted by Gasteiger charge is 2.39. The summed E-state index contributed by atoms with van der Waals surface area (Å²) in [5, 5.41) is 0. The van der Waals surface area contributed by atoms with Gasteiger partial charge in [0.2, 0.25) is 0 Å². The van der Waals surface area contributed by atoms with E-state index in [4.69, 9.17) is 5.73 Å². The fourth-order valence-electron chi connectivity index (χ4n) is 4.42. The molecule has 0 aromatic rings. The minimum Gasteiger partial charge on any atom is -0.329 e. The van der Waals surface area contributed by atoms with E-state index in [9.17, 15) is 0 Å². The molecule has 2 saturated heterocycles. The van der Waals surface area contributed by atoms with Crippen molar-refractivity contribution in [1.29, 1.82) is 0 Å². The largest absolute Gasteiger partial charge is 0.329 e. The fraction of sp³-hybridized carbons (Fsp3) is 1.00. The van der Waals surface area contributed by atoms with Gasteiger partial charge in [-0.1, -0.05) is 33.6 Å². The van der Waals surface area contributed by atoms with E-state index in [0.717, 1.165) is 18.4 Å². The second-order valence-electron chi connectivity index (χ2n) is 7.84. The molecule has 0 atom stereocenters. The second kappa shape index (κ2) is 7.94. The molecular weight excluding hydrogens is 258 g/mol. The summed E-state index contributed by atoms with van der Waals surface area (Å²) in [5.74, 6) is 1.75. The normalized spacial score (nSPS) is 25.6. The van der Waals surface area contributed by atoms with Crippen molar-refractivity contribution in [2.24, 2.45) is 17.6 Å². The van der Waals surface area contributed by atoms with Crippen LogP contribution in [0, 0.1) is 11.8 Å². The highest BCUT2D eigenvalue weighted by molar-refractivity contribution is 4.97. The number of nitrogens with two attached hydrogens (primary N) is 1. The van der Waals surface area contributed by atoms with Gasteiger partial charge in [0, 0.05) is 18.6 Å². The van der Waals surface area contributed by atoms with Gasteiger partial charge in [-0.15, -0.1) is 0 Å². The smallest absolute Gasteiger partial charge is 0.0356 e. The molecule has 2 heterocycles. The topological polar surface area (TPSA) is 32.5 Å². The highest BCUT2D eigenvalue weighted by Crippen LogP contribution is 2.33. The molecule has 0 unspecified atom stereocenters. The SMILES string of the molecule is CCCC1CCN(C2(CN)CCN(CC(C)C)CC2)CC1. The molecule has 3 heteroatoms. The molecule has 0 radical (unpaired) electrons. The molecular formula is C18H37N3. The van der Waals surface area contributed by atoms with Gasteiger partial charge in [0.25, 0.3) is 0 Å². The molecule has 0 saturated carbocycles. The van der Waals surface area contributed by atoms with E-state index in [1.54, 1.807) is 0 Å². The summed E-state index contributed by atoms with van der Waals surface area (Å²) in [4.78, 5) is 5.40. The Hall–Kier alpha value is -0.120. The first kappa shape index (κ1) is 17.2. The van der Waals surface area contributed by atoms with Crippen LogP contribution in [0.25, 0.3) is 0 Å². The standard InChI is InChI=1S/C18H37N3/c1-4-5-17-6-10-21(11-7-17)18(15-19)8-12-20(13-9-18)14-16(2)3/h16-17H,4-15,19H2,1-3H3. The van der Waals surface area contributed by atoms with Crippen molar-refractivity contribution in [2.75, 3.05) is 39.3 Å². The minimum atomic E-state index is 0.310. The van der Waals surface area contributed by atoms with E-state index in [0.29, 0.717) is 5.54 Å². The Morgan fingerprint density at radius 1 is 1.10 bits per heavy atom. The van der Waals surface area contributed by atoms with Crippen LogP contribution in [0.5, 0.6) is 0 Å². The Balaban J connectivity index is 1.86. The third kappa shape index (κ3) is 4.43. The van der Waals surface area contributed by atoms with Gasteiger partial charge >= 0.3 is 0 Å². The lowest BCUT2D eigenvalue weighted by Crippen LogP contribution is -2.61.